The van der Waals surface area contributed by atoms with Crippen LogP contribution in [0.3, 0.4) is 0 Å². The molecule has 2 aliphatic heterocycles. The molecule has 196 valence electrons. The lowest BCUT2D eigenvalue weighted by Gasteiger charge is -2.27. The largest absolute Gasteiger partial charge is 0.381 e. The first-order valence-electron chi connectivity index (χ1n) is 13.1. The van der Waals surface area contributed by atoms with Gasteiger partial charge in [-0.05, 0) is 62.0 Å². The van der Waals surface area contributed by atoms with Crippen molar-refractivity contribution in [2.45, 2.75) is 52.6 Å². The zero-order chi connectivity index (χ0) is 25.9. The van der Waals surface area contributed by atoms with Crippen molar-refractivity contribution in [3.63, 3.8) is 0 Å². The predicted octanol–water partition coefficient (Wildman–Crippen LogP) is 4.61. The van der Waals surface area contributed by atoms with Gasteiger partial charge in [0.2, 0.25) is 5.65 Å². The van der Waals surface area contributed by atoms with Gasteiger partial charge in [-0.15, -0.1) is 22.0 Å². The van der Waals surface area contributed by atoms with Crippen LogP contribution < -0.4 is 16.0 Å². The maximum absolute atomic E-state index is 13.8. The van der Waals surface area contributed by atoms with Crippen LogP contribution in [0.2, 0.25) is 0 Å². The standard InChI is InChI=1S/C27H34FN7OS/c1-16(2)23(28)27(36)31-12-5-4-11-30-25-26-34-33-17(3)35(26)21-9-8-18(15-20(21)32-25)24-19-7-6-14-37-22(19)10-13-29-24/h8-10,15-16,23,29H,4-7,11-14H2,1-3H3,(H,30,32)(H,31,36)/t23-/m0/s1. The topological polar surface area (TPSA) is 96.2 Å². The Balaban J connectivity index is 1.33. The third-order valence-corrected chi connectivity index (χ3v) is 8.02. The molecule has 0 unspecified atom stereocenters. The van der Waals surface area contributed by atoms with Gasteiger partial charge in [0.15, 0.2) is 12.0 Å². The summed E-state index contributed by atoms with van der Waals surface area (Å²) in [5.74, 6) is 1.82. The molecule has 10 heteroatoms. The van der Waals surface area contributed by atoms with Gasteiger partial charge >= 0.3 is 0 Å². The number of anilines is 1. The molecule has 0 spiro atoms. The number of alkyl halides is 1. The van der Waals surface area contributed by atoms with Gasteiger partial charge in [-0.25, -0.2) is 9.37 Å². The van der Waals surface area contributed by atoms with E-state index in [4.69, 9.17) is 4.98 Å². The van der Waals surface area contributed by atoms with Crippen molar-refractivity contribution in [1.82, 2.24) is 30.2 Å². The molecule has 2 aliphatic rings. The van der Waals surface area contributed by atoms with Crippen LogP contribution in [0.1, 0.15) is 50.9 Å². The van der Waals surface area contributed by atoms with E-state index >= 15 is 0 Å². The first-order chi connectivity index (χ1) is 17.9. The van der Waals surface area contributed by atoms with Crippen LogP contribution >= 0.6 is 11.8 Å². The SMILES string of the molecule is Cc1nnc2c(NCCCCNC(=O)[C@@H](F)C(C)C)nc3cc(C4=C5CCCSC5=CCN4)ccc3n12. The number of dihydropyridines is 1. The van der Waals surface area contributed by atoms with E-state index in [1.807, 2.05) is 23.1 Å². The van der Waals surface area contributed by atoms with Gasteiger partial charge in [-0.2, -0.15) is 0 Å². The first kappa shape index (κ1) is 25.5. The van der Waals surface area contributed by atoms with Crippen LogP contribution in [0.4, 0.5) is 10.2 Å². The molecule has 3 aromatic rings. The Morgan fingerprint density at radius 1 is 1.24 bits per heavy atom. The summed E-state index contributed by atoms with van der Waals surface area (Å²) < 4.78 is 15.8. The van der Waals surface area contributed by atoms with Crippen molar-refractivity contribution < 1.29 is 9.18 Å². The van der Waals surface area contributed by atoms with Crippen molar-refractivity contribution in [2.24, 2.45) is 5.92 Å². The first-order valence-corrected chi connectivity index (χ1v) is 14.0. The third-order valence-electron chi connectivity index (χ3n) is 6.80. The van der Waals surface area contributed by atoms with Crippen molar-refractivity contribution >= 4 is 45.9 Å². The molecule has 1 atom stereocenters. The molecule has 8 nitrogen and oxygen atoms in total. The lowest BCUT2D eigenvalue weighted by Crippen LogP contribution is -2.35. The second-order valence-electron chi connectivity index (χ2n) is 9.90. The smallest absolute Gasteiger partial charge is 0.254 e. The number of aromatic nitrogens is 4. The Labute approximate surface area is 220 Å². The third kappa shape index (κ3) is 5.30. The maximum Gasteiger partial charge on any atom is 0.254 e. The molecular formula is C27H34FN7OS. The number of carbonyl (C=O) groups excluding carboxylic acids is 1. The average molecular weight is 524 g/mol. The molecule has 4 heterocycles. The Kier molecular flexibility index (Phi) is 7.64. The van der Waals surface area contributed by atoms with E-state index in [0.29, 0.717) is 24.6 Å². The van der Waals surface area contributed by atoms with E-state index < -0.39 is 12.1 Å². The molecular weight excluding hydrogens is 489 g/mol. The molecule has 0 saturated carbocycles. The van der Waals surface area contributed by atoms with E-state index in [2.05, 4.69) is 50.4 Å². The number of carbonyl (C=O) groups is 1. The van der Waals surface area contributed by atoms with Gasteiger partial charge in [0.25, 0.3) is 5.91 Å². The summed E-state index contributed by atoms with van der Waals surface area (Å²) in [7, 11) is 0. The van der Waals surface area contributed by atoms with Crippen LogP contribution in [0.15, 0.2) is 34.8 Å². The minimum Gasteiger partial charge on any atom is -0.381 e. The lowest BCUT2D eigenvalue weighted by atomic mass is 9.99. The van der Waals surface area contributed by atoms with Crippen molar-refractivity contribution in [3.8, 4) is 0 Å². The molecule has 5 rings (SSSR count). The molecule has 3 N–H and O–H groups in total. The van der Waals surface area contributed by atoms with Crippen LogP contribution in [0.25, 0.3) is 22.4 Å². The second kappa shape index (κ2) is 11.1. The Hall–Kier alpha value is -3.14. The number of allylic oxidation sites excluding steroid dienone is 1. The van der Waals surface area contributed by atoms with Crippen LogP contribution in [0, 0.1) is 12.8 Å². The van der Waals surface area contributed by atoms with Crippen molar-refractivity contribution in [1.29, 1.82) is 0 Å². The number of hydrogen-bond donors (Lipinski definition) is 3. The number of nitrogens with zero attached hydrogens (tertiary/aromatic N) is 4. The summed E-state index contributed by atoms with van der Waals surface area (Å²) in [5, 5.41) is 18.3. The average Bonchev–Trinajstić information content (AvgIpc) is 3.31. The molecule has 0 bridgehead atoms. The fourth-order valence-corrected chi connectivity index (χ4v) is 5.91. The number of nitrogens with one attached hydrogen (secondary N) is 3. The minimum atomic E-state index is -1.46. The second-order valence-corrected chi connectivity index (χ2v) is 11.0. The Bertz CT molecular complexity index is 1380. The Morgan fingerprint density at radius 2 is 2.08 bits per heavy atom. The monoisotopic (exact) mass is 523 g/mol. The molecule has 0 aliphatic carbocycles. The Morgan fingerprint density at radius 3 is 2.92 bits per heavy atom. The number of unbranched alkanes of at least 4 members (excludes halogenated alkanes) is 1. The fraction of sp³-hybridized carbons (Fsp3) is 0.481. The number of halogens is 1. The molecule has 1 amide bonds. The fourth-order valence-electron chi connectivity index (χ4n) is 4.82. The minimum absolute atomic E-state index is 0.318. The van der Waals surface area contributed by atoms with Crippen LogP contribution in [-0.4, -0.2) is 57.0 Å². The number of fused-ring (bicyclic) bond motifs is 4. The number of benzene rings is 1. The number of rotatable bonds is 9. The zero-order valence-corrected chi connectivity index (χ0v) is 22.4. The zero-order valence-electron chi connectivity index (χ0n) is 21.6. The van der Waals surface area contributed by atoms with Crippen LogP contribution in [-0.2, 0) is 4.79 Å². The number of aryl methyl sites for hydroxylation is 1. The highest BCUT2D eigenvalue weighted by Gasteiger charge is 2.22. The van der Waals surface area contributed by atoms with E-state index in [0.717, 1.165) is 48.2 Å². The summed E-state index contributed by atoms with van der Waals surface area (Å²) in [4.78, 5) is 18.1. The number of hydrogen-bond acceptors (Lipinski definition) is 7. The molecule has 1 saturated heterocycles. The van der Waals surface area contributed by atoms with Crippen LogP contribution in [0.5, 0.6) is 0 Å². The van der Waals surface area contributed by atoms with E-state index in [9.17, 15) is 9.18 Å². The van der Waals surface area contributed by atoms with Crippen molar-refractivity contribution in [2.75, 3.05) is 30.7 Å². The summed E-state index contributed by atoms with van der Waals surface area (Å²) in [6, 6.07) is 6.41. The molecule has 1 aromatic carbocycles. The summed E-state index contributed by atoms with van der Waals surface area (Å²) in [6.45, 7) is 7.29. The van der Waals surface area contributed by atoms with Gasteiger partial charge in [-0.3, -0.25) is 9.20 Å². The lowest BCUT2D eigenvalue weighted by molar-refractivity contribution is -0.127. The highest BCUT2D eigenvalue weighted by Crippen LogP contribution is 2.39. The number of amides is 1. The highest BCUT2D eigenvalue weighted by molar-refractivity contribution is 8.03. The van der Waals surface area contributed by atoms with E-state index in [1.54, 1.807) is 13.8 Å². The number of thioether (sulfide) groups is 1. The van der Waals surface area contributed by atoms with Gasteiger partial charge in [0, 0.05) is 35.8 Å². The van der Waals surface area contributed by atoms with E-state index in [-0.39, 0.29) is 5.92 Å². The van der Waals surface area contributed by atoms with Gasteiger partial charge in [0.05, 0.1) is 11.0 Å². The van der Waals surface area contributed by atoms with Gasteiger partial charge in [0.1, 0.15) is 5.82 Å². The molecule has 1 fully saturated rings. The summed E-state index contributed by atoms with van der Waals surface area (Å²) in [5.41, 5.74) is 6.28. The maximum atomic E-state index is 13.8. The summed E-state index contributed by atoms with van der Waals surface area (Å²) in [6.07, 6.45) is 4.64. The van der Waals surface area contributed by atoms with Gasteiger partial charge in [-0.1, -0.05) is 26.0 Å². The molecule has 0 radical (unpaired) electrons. The van der Waals surface area contributed by atoms with E-state index in [1.165, 1.54) is 28.3 Å². The molecule has 37 heavy (non-hydrogen) atoms. The van der Waals surface area contributed by atoms with Crippen molar-refractivity contribution in [3.05, 3.63) is 46.1 Å². The predicted molar refractivity (Wildman–Crippen MR) is 148 cm³/mol. The van der Waals surface area contributed by atoms with Gasteiger partial charge < -0.3 is 16.0 Å². The highest BCUT2D eigenvalue weighted by atomic mass is 32.2. The molecule has 2 aromatic heterocycles. The summed E-state index contributed by atoms with van der Waals surface area (Å²) >= 11 is 1.95. The normalized spacial score (nSPS) is 16.5. The quantitative estimate of drug-likeness (QED) is 0.353.